The van der Waals surface area contributed by atoms with E-state index in [9.17, 15) is 10.2 Å². The number of ether oxygens (including phenoxy) is 4. The molecular formula is C33H39NO6. The second-order valence-electron chi connectivity index (χ2n) is 12.5. The fourth-order valence-corrected chi connectivity index (χ4v) is 8.51. The average molecular weight is 546 g/mol. The van der Waals surface area contributed by atoms with Crippen LogP contribution in [0.1, 0.15) is 66.8 Å². The average Bonchev–Trinajstić information content (AvgIpc) is 3.52. The first-order valence-corrected chi connectivity index (χ1v) is 14.7. The Bertz CT molecular complexity index is 1380. The van der Waals surface area contributed by atoms with E-state index in [2.05, 4.69) is 55.0 Å². The summed E-state index contributed by atoms with van der Waals surface area (Å²) in [4.78, 5) is 2.24. The number of benzene rings is 2. The summed E-state index contributed by atoms with van der Waals surface area (Å²) in [5, 5.41) is 21.1. The summed E-state index contributed by atoms with van der Waals surface area (Å²) >= 11 is 0. The van der Waals surface area contributed by atoms with Gasteiger partial charge in [-0.15, -0.1) is 0 Å². The lowest BCUT2D eigenvalue weighted by Crippen LogP contribution is -2.44. The Morgan fingerprint density at radius 3 is 2.85 bits per heavy atom. The highest BCUT2D eigenvalue weighted by atomic mass is 16.7. The first-order valence-electron chi connectivity index (χ1n) is 14.7. The molecule has 2 N–H and O–H groups in total. The molecule has 0 amide bonds. The van der Waals surface area contributed by atoms with Crippen LogP contribution >= 0.6 is 0 Å². The van der Waals surface area contributed by atoms with Gasteiger partial charge in [0.1, 0.15) is 18.4 Å². The zero-order valence-electron chi connectivity index (χ0n) is 23.6. The maximum absolute atomic E-state index is 10.7. The number of rotatable bonds is 3. The van der Waals surface area contributed by atoms with Crippen LogP contribution < -0.4 is 18.9 Å². The lowest BCUT2D eigenvalue weighted by Gasteiger charge is -2.49. The molecule has 0 bridgehead atoms. The number of hydrogen-bond acceptors (Lipinski definition) is 7. The molecule has 40 heavy (non-hydrogen) atoms. The normalized spacial score (nSPS) is 33.6. The van der Waals surface area contributed by atoms with Crippen molar-refractivity contribution in [3.8, 4) is 34.8 Å². The Morgan fingerprint density at radius 1 is 1.12 bits per heavy atom. The van der Waals surface area contributed by atoms with Crippen molar-refractivity contribution in [2.75, 3.05) is 34.1 Å². The largest absolute Gasteiger partial charge is 0.492 e. The predicted molar refractivity (Wildman–Crippen MR) is 150 cm³/mol. The zero-order valence-corrected chi connectivity index (χ0v) is 23.6. The van der Waals surface area contributed by atoms with Crippen LogP contribution in [0.15, 0.2) is 24.3 Å². The van der Waals surface area contributed by atoms with Crippen molar-refractivity contribution in [2.24, 2.45) is 17.3 Å². The molecule has 5 aliphatic rings. The van der Waals surface area contributed by atoms with Gasteiger partial charge in [-0.2, -0.15) is 0 Å². The van der Waals surface area contributed by atoms with Crippen LogP contribution in [0.5, 0.6) is 23.0 Å². The number of aryl methyl sites for hydroxylation is 1. The summed E-state index contributed by atoms with van der Waals surface area (Å²) in [6.45, 7) is 3.62. The monoisotopic (exact) mass is 545 g/mol. The van der Waals surface area contributed by atoms with Crippen molar-refractivity contribution in [1.82, 2.24) is 4.90 Å². The van der Waals surface area contributed by atoms with Gasteiger partial charge < -0.3 is 29.2 Å². The molecule has 2 saturated carbocycles. The lowest BCUT2D eigenvalue weighted by atomic mass is 9.55. The van der Waals surface area contributed by atoms with Gasteiger partial charge in [0, 0.05) is 12.1 Å². The van der Waals surface area contributed by atoms with Gasteiger partial charge in [0.25, 0.3) is 0 Å². The molecule has 2 heterocycles. The van der Waals surface area contributed by atoms with Crippen LogP contribution in [0.2, 0.25) is 0 Å². The van der Waals surface area contributed by atoms with Crippen LogP contribution in [-0.4, -0.2) is 61.4 Å². The minimum Gasteiger partial charge on any atom is -0.492 e. The Kier molecular flexibility index (Phi) is 6.42. The van der Waals surface area contributed by atoms with E-state index in [4.69, 9.17) is 18.9 Å². The highest BCUT2D eigenvalue weighted by Crippen LogP contribution is 2.61. The maximum Gasteiger partial charge on any atom is 0.231 e. The molecule has 2 aromatic rings. The van der Waals surface area contributed by atoms with Crippen molar-refractivity contribution in [1.29, 1.82) is 0 Å². The molecule has 7 nitrogen and oxygen atoms in total. The van der Waals surface area contributed by atoms with Crippen LogP contribution in [0.3, 0.4) is 0 Å². The number of methoxy groups -OCH3 is 1. The highest BCUT2D eigenvalue weighted by Gasteiger charge is 2.57. The van der Waals surface area contributed by atoms with Gasteiger partial charge in [0.15, 0.2) is 11.5 Å². The predicted octanol–water partition coefficient (Wildman–Crippen LogP) is 4.22. The van der Waals surface area contributed by atoms with E-state index in [1.807, 2.05) is 0 Å². The number of hydrogen-bond donors (Lipinski definition) is 2. The van der Waals surface area contributed by atoms with E-state index in [1.165, 1.54) is 16.7 Å². The summed E-state index contributed by atoms with van der Waals surface area (Å²) in [6, 6.07) is 8.49. The molecule has 0 saturated heterocycles. The van der Waals surface area contributed by atoms with Crippen molar-refractivity contribution in [2.45, 2.75) is 69.6 Å². The Morgan fingerprint density at radius 2 is 2.00 bits per heavy atom. The van der Waals surface area contributed by atoms with Gasteiger partial charge >= 0.3 is 0 Å². The fraction of sp³-hybridized carbons (Fsp3) is 0.576. The summed E-state index contributed by atoms with van der Waals surface area (Å²) < 4.78 is 23.2. The molecule has 212 valence electrons. The molecule has 2 fully saturated rings. The van der Waals surface area contributed by atoms with Crippen molar-refractivity contribution < 1.29 is 29.2 Å². The molecule has 0 radical (unpaired) electrons. The Labute approximate surface area is 236 Å². The SMILES string of the molecule is COc1c2c(cc3c1[C@@H](C#CCOc1ccc4c(c1)CC[C@@H]1[C@@H]4CC[C@@]4(C)[C@@H]1C[C@H](O)[C@@H]4O)N(C)CC3)OCO2. The minimum absolute atomic E-state index is 0.109. The van der Waals surface area contributed by atoms with E-state index >= 15 is 0 Å². The van der Waals surface area contributed by atoms with E-state index < -0.39 is 12.2 Å². The minimum atomic E-state index is -0.595. The molecule has 7 atom stereocenters. The summed E-state index contributed by atoms with van der Waals surface area (Å²) in [5.41, 5.74) is 4.90. The van der Waals surface area contributed by atoms with Crippen LogP contribution in [0.25, 0.3) is 0 Å². The first kappa shape index (κ1) is 26.0. The summed E-state index contributed by atoms with van der Waals surface area (Å²) in [5.74, 6) is 11.1. The quantitative estimate of drug-likeness (QED) is 0.559. The second kappa shape index (κ2) is 9.87. The third-order valence-electron chi connectivity index (χ3n) is 10.6. The van der Waals surface area contributed by atoms with E-state index in [1.54, 1.807) is 7.11 Å². The van der Waals surface area contributed by atoms with Gasteiger partial charge in [0.05, 0.1) is 19.3 Å². The molecule has 7 rings (SSSR count). The van der Waals surface area contributed by atoms with Crippen molar-refractivity contribution in [3.05, 3.63) is 46.5 Å². The second-order valence-corrected chi connectivity index (χ2v) is 12.5. The standard InChI is InChI=1S/C33H39NO6/c1-33-12-10-23-22-9-7-21(15-19(22)6-8-24(23)25(33)17-27(35)32(33)36)38-14-4-5-26-29-20(11-13-34(26)2)16-28-30(31(29)37-3)40-18-39-28/h7,9,15-16,23-27,32,35-36H,6,8,10-14,17-18H2,1-3H3/t23-,24-,25-,26-,27+,32+,33+/m1/s1. The molecule has 2 aromatic carbocycles. The lowest BCUT2D eigenvalue weighted by molar-refractivity contribution is -0.0505. The Balaban J connectivity index is 1.06. The molecule has 0 unspecified atom stereocenters. The molecule has 0 spiro atoms. The van der Waals surface area contributed by atoms with E-state index in [-0.39, 0.29) is 18.2 Å². The fourth-order valence-electron chi connectivity index (χ4n) is 8.51. The van der Waals surface area contributed by atoms with Crippen molar-refractivity contribution >= 4 is 0 Å². The summed E-state index contributed by atoms with van der Waals surface area (Å²) in [7, 11) is 3.76. The first-order chi connectivity index (χ1) is 19.4. The van der Waals surface area contributed by atoms with Crippen LogP contribution in [-0.2, 0) is 12.8 Å². The number of likely N-dealkylation sites (N-methyl/N-ethyl adjacent to an activating group) is 1. The van der Waals surface area contributed by atoms with Crippen LogP contribution in [0, 0.1) is 29.1 Å². The number of fused-ring (bicyclic) bond motifs is 7. The molecule has 7 heteroatoms. The van der Waals surface area contributed by atoms with Gasteiger partial charge in [-0.25, -0.2) is 0 Å². The smallest absolute Gasteiger partial charge is 0.231 e. The topological polar surface area (TPSA) is 80.6 Å². The molecule has 3 aliphatic carbocycles. The third-order valence-corrected chi connectivity index (χ3v) is 10.6. The summed E-state index contributed by atoms with van der Waals surface area (Å²) in [6.07, 6.45) is 4.61. The number of aliphatic hydroxyl groups is 2. The molecule has 2 aliphatic heterocycles. The van der Waals surface area contributed by atoms with Gasteiger partial charge in [-0.1, -0.05) is 24.8 Å². The molecule has 0 aromatic heterocycles. The highest BCUT2D eigenvalue weighted by molar-refractivity contribution is 5.63. The number of aliphatic hydroxyl groups excluding tert-OH is 2. The third kappa shape index (κ3) is 3.99. The van der Waals surface area contributed by atoms with E-state index in [0.29, 0.717) is 30.1 Å². The molecular weight excluding hydrogens is 506 g/mol. The van der Waals surface area contributed by atoms with Crippen LogP contribution in [0.4, 0.5) is 0 Å². The Hall–Kier alpha value is -2.92. The van der Waals surface area contributed by atoms with Gasteiger partial charge in [-0.3, -0.25) is 4.90 Å². The van der Waals surface area contributed by atoms with Gasteiger partial charge in [-0.05, 0) is 104 Å². The van der Waals surface area contributed by atoms with Crippen molar-refractivity contribution in [3.63, 3.8) is 0 Å². The zero-order chi connectivity index (χ0) is 27.6. The maximum atomic E-state index is 10.7. The van der Waals surface area contributed by atoms with Gasteiger partial charge in [0.2, 0.25) is 12.5 Å². The van der Waals surface area contributed by atoms with E-state index in [0.717, 1.165) is 67.9 Å². The number of nitrogens with zero attached hydrogens (tertiary/aromatic N) is 1.